The molecule has 0 spiro atoms. The normalized spacial score (nSPS) is 21.1. The summed E-state index contributed by atoms with van der Waals surface area (Å²) < 4.78 is 5.38. The highest BCUT2D eigenvalue weighted by atomic mass is 16.5. The summed E-state index contributed by atoms with van der Waals surface area (Å²) in [6.45, 7) is 5.47. The molecule has 2 heterocycles. The Labute approximate surface area is 145 Å². The molecule has 0 radical (unpaired) electrons. The van der Waals surface area contributed by atoms with E-state index in [0.717, 1.165) is 63.4 Å². The lowest BCUT2D eigenvalue weighted by Gasteiger charge is -2.37. The third-order valence-corrected chi connectivity index (χ3v) is 5.08. The summed E-state index contributed by atoms with van der Waals surface area (Å²) in [6.07, 6.45) is 4.72. The fraction of sp³-hybridized carbons (Fsp3) is 0.632. The molecule has 132 valence electrons. The van der Waals surface area contributed by atoms with Crippen molar-refractivity contribution in [3.05, 3.63) is 29.8 Å². The number of carbonyl (C=O) groups excluding carboxylic acids is 1. The van der Waals surface area contributed by atoms with Gasteiger partial charge in [0.15, 0.2) is 0 Å². The van der Waals surface area contributed by atoms with Crippen molar-refractivity contribution in [1.82, 2.24) is 15.1 Å². The molecule has 1 unspecified atom stereocenters. The van der Waals surface area contributed by atoms with Crippen LogP contribution in [-0.4, -0.2) is 62.1 Å². The first-order valence-corrected chi connectivity index (χ1v) is 9.17. The zero-order valence-electron chi connectivity index (χ0n) is 14.7. The maximum absolute atomic E-state index is 13.4. The average Bonchev–Trinajstić information content (AvgIpc) is 2.92. The van der Waals surface area contributed by atoms with E-state index in [0.29, 0.717) is 0 Å². The largest absolute Gasteiger partial charge is 0.497 e. The molecule has 1 aromatic rings. The van der Waals surface area contributed by atoms with Gasteiger partial charge in [-0.1, -0.05) is 25.0 Å². The highest BCUT2D eigenvalue weighted by Crippen LogP contribution is 2.27. The molecule has 2 aliphatic rings. The van der Waals surface area contributed by atoms with Gasteiger partial charge in [-0.25, -0.2) is 0 Å². The molecule has 5 heteroatoms. The fourth-order valence-corrected chi connectivity index (χ4v) is 3.73. The third kappa shape index (κ3) is 4.08. The van der Waals surface area contributed by atoms with Crippen LogP contribution in [0.3, 0.4) is 0 Å². The minimum absolute atomic E-state index is 0.194. The quantitative estimate of drug-likeness (QED) is 0.917. The molecule has 24 heavy (non-hydrogen) atoms. The van der Waals surface area contributed by atoms with Crippen molar-refractivity contribution in [3.63, 3.8) is 0 Å². The third-order valence-electron chi connectivity index (χ3n) is 5.08. The lowest BCUT2D eigenvalue weighted by Crippen LogP contribution is -2.50. The van der Waals surface area contributed by atoms with Gasteiger partial charge >= 0.3 is 0 Å². The Bertz CT molecular complexity index is 535. The van der Waals surface area contributed by atoms with Crippen LogP contribution in [0.15, 0.2) is 24.3 Å². The lowest BCUT2D eigenvalue weighted by atomic mass is 10.0. The second kappa shape index (κ2) is 8.49. The average molecular weight is 331 g/mol. The number of hydrogen-bond donors (Lipinski definition) is 1. The van der Waals surface area contributed by atoms with E-state index in [9.17, 15) is 4.79 Å². The summed E-state index contributed by atoms with van der Waals surface area (Å²) in [7, 11) is 1.68. The van der Waals surface area contributed by atoms with Crippen molar-refractivity contribution in [2.75, 3.05) is 46.4 Å². The predicted molar refractivity (Wildman–Crippen MR) is 95.2 cm³/mol. The number of methoxy groups -OCH3 is 1. The van der Waals surface area contributed by atoms with E-state index in [1.807, 2.05) is 18.2 Å². The van der Waals surface area contributed by atoms with E-state index in [4.69, 9.17) is 4.74 Å². The van der Waals surface area contributed by atoms with Crippen molar-refractivity contribution in [3.8, 4) is 5.75 Å². The summed E-state index contributed by atoms with van der Waals surface area (Å²) in [5, 5.41) is 3.38. The second-order valence-electron chi connectivity index (χ2n) is 6.70. The topological polar surface area (TPSA) is 44.8 Å². The molecule has 0 aliphatic carbocycles. The summed E-state index contributed by atoms with van der Waals surface area (Å²) in [6, 6.07) is 7.81. The summed E-state index contributed by atoms with van der Waals surface area (Å²) in [5.41, 5.74) is 1.05. The highest BCUT2D eigenvalue weighted by Gasteiger charge is 2.32. The SMILES string of the molecule is COc1cccc(C(C(=O)N2CCCCCC2)N2CCNCC2)c1. The minimum Gasteiger partial charge on any atom is -0.497 e. The number of hydrogen-bond acceptors (Lipinski definition) is 4. The molecule has 0 bridgehead atoms. The number of ether oxygens (including phenoxy) is 1. The summed E-state index contributed by atoms with van der Waals surface area (Å²) >= 11 is 0. The number of piperazine rings is 1. The lowest BCUT2D eigenvalue weighted by molar-refractivity contribution is -0.137. The molecule has 5 nitrogen and oxygen atoms in total. The van der Waals surface area contributed by atoms with Crippen molar-refractivity contribution in [1.29, 1.82) is 0 Å². The molecular weight excluding hydrogens is 302 g/mol. The fourth-order valence-electron chi connectivity index (χ4n) is 3.73. The van der Waals surface area contributed by atoms with Crippen LogP contribution in [0.1, 0.15) is 37.3 Å². The minimum atomic E-state index is -0.194. The molecule has 1 aromatic carbocycles. The Morgan fingerprint density at radius 2 is 1.79 bits per heavy atom. The van der Waals surface area contributed by atoms with E-state index in [1.165, 1.54) is 12.8 Å². The maximum Gasteiger partial charge on any atom is 0.244 e. The van der Waals surface area contributed by atoms with E-state index in [-0.39, 0.29) is 11.9 Å². The summed E-state index contributed by atoms with van der Waals surface area (Å²) in [4.78, 5) is 17.8. The molecule has 1 atom stereocenters. The van der Waals surface area contributed by atoms with Gasteiger partial charge in [0.05, 0.1) is 7.11 Å². The van der Waals surface area contributed by atoms with E-state index >= 15 is 0 Å². The number of amides is 1. The number of nitrogens with one attached hydrogen (secondary N) is 1. The van der Waals surface area contributed by atoms with Crippen LogP contribution in [-0.2, 0) is 4.79 Å². The number of benzene rings is 1. The van der Waals surface area contributed by atoms with Crippen LogP contribution in [0, 0.1) is 0 Å². The summed E-state index contributed by atoms with van der Waals surface area (Å²) in [5.74, 6) is 1.07. The Hall–Kier alpha value is -1.59. The van der Waals surface area contributed by atoms with Crippen LogP contribution in [0.5, 0.6) is 5.75 Å². The van der Waals surface area contributed by atoms with Crippen molar-refractivity contribution >= 4 is 5.91 Å². The Kier molecular flexibility index (Phi) is 6.10. The van der Waals surface area contributed by atoms with Crippen LogP contribution in [0.2, 0.25) is 0 Å². The van der Waals surface area contributed by atoms with Gasteiger partial charge in [-0.3, -0.25) is 9.69 Å². The second-order valence-corrected chi connectivity index (χ2v) is 6.70. The van der Waals surface area contributed by atoms with E-state index < -0.39 is 0 Å². The number of carbonyl (C=O) groups is 1. The number of likely N-dealkylation sites (tertiary alicyclic amines) is 1. The maximum atomic E-state index is 13.4. The Morgan fingerprint density at radius 3 is 2.46 bits per heavy atom. The molecule has 0 saturated carbocycles. The van der Waals surface area contributed by atoms with E-state index in [1.54, 1.807) is 7.11 Å². The van der Waals surface area contributed by atoms with Gasteiger partial charge < -0.3 is 15.0 Å². The van der Waals surface area contributed by atoms with Crippen molar-refractivity contribution in [2.24, 2.45) is 0 Å². The molecule has 2 fully saturated rings. The number of nitrogens with zero attached hydrogens (tertiary/aromatic N) is 2. The molecule has 2 saturated heterocycles. The first-order valence-electron chi connectivity index (χ1n) is 9.17. The van der Waals surface area contributed by atoms with Crippen molar-refractivity contribution in [2.45, 2.75) is 31.7 Å². The van der Waals surface area contributed by atoms with Crippen LogP contribution >= 0.6 is 0 Å². The van der Waals surface area contributed by atoms with Crippen molar-refractivity contribution < 1.29 is 9.53 Å². The van der Waals surface area contributed by atoms with Crippen LogP contribution in [0.4, 0.5) is 0 Å². The molecule has 3 rings (SSSR count). The number of rotatable bonds is 4. The van der Waals surface area contributed by atoms with Crippen LogP contribution in [0.25, 0.3) is 0 Å². The molecule has 0 aromatic heterocycles. The standard InChI is InChI=1S/C19H29N3O2/c1-24-17-8-6-7-16(15-17)18(21-13-9-20-10-14-21)19(23)22-11-4-2-3-5-12-22/h6-8,15,18,20H,2-5,9-14H2,1H3. The molecule has 2 aliphatic heterocycles. The monoisotopic (exact) mass is 331 g/mol. The smallest absolute Gasteiger partial charge is 0.244 e. The van der Waals surface area contributed by atoms with Gasteiger partial charge in [0.25, 0.3) is 0 Å². The van der Waals surface area contributed by atoms with Gasteiger partial charge in [-0.2, -0.15) is 0 Å². The van der Waals surface area contributed by atoms with Gasteiger partial charge in [-0.05, 0) is 30.5 Å². The van der Waals surface area contributed by atoms with Gasteiger partial charge in [0, 0.05) is 39.3 Å². The predicted octanol–water partition coefficient (Wildman–Crippen LogP) is 2.04. The first kappa shape index (κ1) is 17.2. The molecular formula is C19H29N3O2. The first-order chi connectivity index (χ1) is 11.8. The van der Waals surface area contributed by atoms with Crippen LogP contribution < -0.4 is 10.1 Å². The van der Waals surface area contributed by atoms with Gasteiger partial charge in [-0.15, -0.1) is 0 Å². The highest BCUT2D eigenvalue weighted by molar-refractivity contribution is 5.83. The zero-order valence-corrected chi connectivity index (χ0v) is 14.7. The molecule has 1 amide bonds. The zero-order chi connectivity index (χ0) is 16.8. The Balaban J connectivity index is 1.86. The van der Waals surface area contributed by atoms with E-state index in [2.05, 4.69) is 21.2 Å². The Morgan fingerprint density at radius 1 is 1.08 bits per heavy atom. The van der Waals surface area contributed by atoms with Gasteiger partial charge in [0.2, 0.25) is 5.91 Å². The van der Waals surface area contributed by atoms with Gasteiger partial charge in [0.1, 0.15) is 11.8 Å². The molecule has 1 N–H and O–H groups in total.